The van der Waals surface area contributed by atoms with Crippen LogP contribution in [0.2, 0.25) is 0 Å². The molecule has 28 heavy (non-hydrogen) atoms. The molecule has 2 saturated heterocycles. The molecule has 0 unspecified atom stereocenters. The predicted octanol–water partition coefficient (Wildman–Crippen LogP) is 3.49. The Morgan fingerprint density at radius 1 is 1.11 bits per heavy atom. The SMILES string of the molecule is Cc1nccn1CCCN1CCC[C@]2(CCC(=O)N(Cc3ccccc3)C2)C1. The first-order valence-electron chi connectivity index (χ1n) is 10.7. The predicted molar refractivity (Wildman–Crippen MR) is 111 cm³/mol. The lowest BCUT2D eigenvalue weighted by Gasteiger charge is -2.48. The van der Waals surface area contributed by atoms with Gasteiger partial charge < -0.3 is 14.4 Å². The van der Waals surface area contributed by atoms with Gasteiger partial charge in [-0.25, -0.2) is 4.98 Å². The zero-order valence-corrected chi connectivity index (χ0v) is 17.0. The smallest absolute Gasteiger partial charge is 0.222 e. The number of amides is 1. The van der Waals surface area contributed by atoms with Crippen LogP contribution in [0.4, 0.5) is 0 Å². The fourth-order valence-corrected chi connectivity index (χ4v) is 4.99. The highest BCUT2D eigenvalue weighted by Crippen LogP contribution is 2.39. The number of imidazole rings is 1. The molecule has 1 atom stereocenters. The van der Waals surface area contributed by atoms with Crippen molar-refractivity contribution in [1.29, 1.82) is 0 Å². The number of nitrogens with zero attached hydrogens (tertiary/aromatic N) is 4. The summed E-state index contributed by atoms with van der Waals surface area (Å²) >= 11 is 0. The molecule has 1 amide bonds. The van der Waals surface area contributed by atoms with Crippen LogP contribution in [0.25, 0.3) is 0 Å². The largest absolute Gasteiger partial charge is 0.338 e. The van der Waals surface area contributed by atoms with Crippen molar-refractivity contribution in [3.63, 3.8) is 0 Å². The van der Waals surface area contributed by atoms with Crippen molar-refractivity contribution < 1.29 is 4.79 Å². The van der Waals surface area contributed by atoms with Gasteiger partial charge in [0.05, 0.1) is 0 Å². The number of rotatable bonds is 6. The van der Waals surface area contributed by atoms with Crippen molar-refractivity contribution in [2.75, 3.05) is 26.2 Å². The van der Waals surface area contributed by atoms with Gasteiger partial charge in [0, 0.05) is 50.4 Å². The first kappa shape index (κ1) is 19.2. The molecule has 1 aromatic carbocycles. The Labute approximate surface area is 168 Å². The Bertz CT molecular complexity index is 787. The number of aromatic nitrogens is 2. The summed E-state index contributed by atoms with van der Waals surface area (Å²) in [6.07, 6.45) is 9.36. The van der Waals surface area contributed by atoms with Crippen molar-refractivity contribution in [1.82, 2.24) is 19.4 Å². The first-order valence-corrected chi connectivity index (χ1v) is 10.7. The maximum atomic E-state index is 12.5. The van der Waals surface area contributed by atoms with Crippen LogP contribution in [0.3, 0.4) is 0 Å². The molecule has 4 rings (SSSR count). The monoisotopic (exact) mass is 380 g/mol. The maximum Gasteiger partial charge on any atom is 0.222 e. The van der Waals surface area contributed by atoms with Gasteiger partial charge in [-0.05, 0) is 51.3 Å². The van der Waals surface area contributed by atoms with E-state index in [1.165, 1.54) is 24.9 Å². The van der Waals surface area contributed by atoms with Crippen LogP contribution in [0, 0.1) is 12.3 Å². The molecule has 5 nitrogen and oxygen atoms in total. The lowest BCUT2D eigenvalue weighted by Crippen LogP contribution is -2.53. The van der Waals surface area contributed by atoms with E-state index in [-0.39, 0.29) is 5.41 Å². The molecule has 2 aliphatic heterocycles. The molecular formula is C23H32N4O. The molecule has 2 fully saturated rings. The number of aryl methyl sites for hydroxylation is 2. The second-order valence-electron chi connectivity index (χ2n) is 8.64. The van der Waals surface area contributed by atoms with Gasteiger partial charge in [-0.3, -0.25) is 4.79 Å². The molecule has 150 valence electrons. The van der Waals surface area contributed by atoms with Crippen LogP contribution in [0.15, 0.2) is 42.7 Å². The fraction of sp³-hybridized carbons (Fsp3) is 0.565. The molecule has 0 radical (unpaired) electrons. The molecule has 0 saturated carbocycles. The van der Waals surface area contributed by atoms with E-state index in [4.69, 9.17) is 0 Å². The molecule has 1 aromatic heterocycles. The number of carbonyl (C=O) groups is 1. The lowest BCUT2D eigenvalue weighted by atomic mass is 9.73. The van der Waals surface area contributed by atoms with Gasteiger partial charge in [0.2, 0.25) is 5.91 Å². The minimum absolute atomic E-state index is 0.284. The fourth-order valence-electron chi connectivity index (χ4n) is 4.99. The van der Waals surface area contributed by atoms with E-state index >= 15 is 0 Å². The minimum atomic E-state index is 0.284. The van der Waals surface area contributed by atoms with Gasteiger partial charge in [0.15, 0.2) is 0 Å². The third-order valence-electron chi connectivity index (χ3n) is 6.50. The number of piperidine rings is 2. The van der Waals surface area contributed by atoms with Crippen molar-refractivity contribution in [3.8, 4) is 0 Å². The molecule has 3 heterocycles. The number of hydrogen-bond donors (Lipinski definition) is 0. The average molecular weight is 381 g/mol. The summed E-state index contributed by atoms with van der Waals surface area (Å²) in [4.78, 5) is 21.6. The molecule has 0 aliphatic carbocycles. The summed E-state index contributed by atoms with van der Waals surface area (Å²) in [5.74, 6) is 1.42. The summed E-state index contributed by atoms with van der Waals surface area (Å²) in [7, 11) is 0. The van der Waals surface area contributed by atoms with Gasteiger partial charge in [0.1, 0.15) is 5.82 Å². The van der Waals surface area contributed by atoms with E-state index in [0.717, 1.165) is 51.4 Å². The second-order valence-corrected chi connectivity index (χ2v) is 8.64. The van der Waals surface area contributed by atoms with E-state index in [0.29, 0.717) is 12.3 Å². The van der Waals surface area contributed by atoms with E-state index < -0.39 is 0 Å². The van der Waals surface area contributed by atoms with E-state index in [2.05, 4.69) is 56.7 Å². The standard InChI is InChI=1S/C23H32N4O/c1-20-24-12-16-26(20)15-6-14-25-13-5-10-23(18-25)11-9-22(28)27(19-23)17-21-7-3-2-4-8-21/h2-4,7-8,12,16H,5-6,9-11,13-15,17-19H2,1H3/t23-/m0/s1. The zero-order chi connectivity index (χ0) is 19.4. The average Bonchev–Trinajstić information content (AvgIpc) is 3.11. The zero-order valence-electron chi connectivity index (χ0n) is 17.0. The van der Waals surface area contributed by atoms with Crippen LogP contribution < -0.4 is 0 Å². The van der Waals surface area contributed by atoms with Gasteiger partial charge in [-0.1, -0.05) is 30.3 Å². The Morgan fingerprint density at radius 3 is 2.75 bits per heavy atom. The number of likely N-dealkylation sites (tertiary alicyclic amines) is 2. The molecule has 0 bridgehead atoms. The van der Waals surface area contributed by atoms with Crippen LogP contribution in [-0.4, -0.2) is 51.4 Å². The minimum Gasteiger partial charge on any atom is -0.338 e. The third kappa shape index (κ3) is 4.46. The topological polar surface area (TPSA) is 41.4 Å². The van der Waals surface area contributed by atoms with E-state index in [1.807, 2.05) is 12.3 Å². The molecule has 0 N–H and O–H groups in total. The summed E-state index contributed by atoms with van der Waals surface area (Å²) in [5, 5.41) is 0. The second kappa shape index (κ2) is 8.48. The van der Waals surface area contributed by atoms with Crippen LogP contribution in [0.1, 0.15) is 43.5 Å². The highest BCUT2D eigenvalue weighted by molar-refractivity contribution is 5.77. The molecule has 5 heteroatoms. The molecule has 1 spiro atoms. The van der Waals surface area contributed by atoms with E-state index in [1.54, 1.807) is 0 Å². The van der Waals surface area contributed by atoms with Crippen molar-refractivity contribution in [2.24, 2.45) is 5.41 Å². The van der Waals surface area contributed by atoms with Gasteiger partial charge in [-0.2, -0.15) is 0 Å². The van der Waals surface area contributed by atoms with Gasteiger partial charge in [0.25, 0.3) is 0 Å². The van der Waals surface area contributed by atoms with Crippen LogP contribution in [0.5, 0.6) is 0 Å². The van der Waals surface area contributed by atoms with Crippen molar-refractivity contribution in [2.45, 2.75) is 52.1 Å². The summed E-state index contributed by atoms with van der Waals surface area (Å²) in [5.41, 5.74) is 1.52. The van der Waals surface area contributed by atoms with E-state index in [9.17, 15) is 4.79 Å². The lowest BCUT2D eigenvalue weighted by molar-refractivity contribution is -0.140. The first-order chi connectivity index (χ1) is 13.6. The van der Waals surface area contributed by atoms with Crippen molar-refractivity contribution in [3.05, 3.63) is 54.1 Å². The van der Waals surface area contributed by atoms with Gasteiger partial charge >= 0.3 is 0 Å². The molecular weight excluding hydrogens is 348 g/mol. The number of benzene rings is 1. The van der Waals surface area contributed by atoms with Crippen molar-refractivity contribution >= 4 is 5.91 Å². The Kier molecular flexibility index (Phi) is 5.81. The summed E-state index contributed by atoms with van der Waals surface area (Å²) < 4.78 is 2.24. The third-order valence-corrected chi connectivity index (χ3v) is 6.50. The Morgan fingerprint density at radius 2 is 1.96 bits per heavy atom. The Hall–Kier alpha value is -2.14. The molecule has 2 aliphatic rings. The van der Waals surface area contributed by atoms with Gasteiger partial charge in [-0.15, -0.1) is 0 Å². The summed E-state index contributed by atoms with van der Waals surface area (Å²) in [6, 6.07) is 10.4. The highest BCUT2D eigenvalue weighted by Gasteiger charge is 2.41. The van der Waals surface area contributed by atoms with Crippen LogP contribution >= 0.6 is 0 Å². The quantitative estimate of drug-likeness (QED) is 0.770. The highest BCUT2D eigenvalue weighted by atomic mass is 16.2. The number of carbonyl (C=O) groups excluding carboxylic acids is 1. The molecule has 2 aromatic rings. The van der Waals surface area contributed by atoms with Crippen LogP contribution in [-0.2, 0) is 17.9 Å². The normalized spacial score (nSPS) is 23.5. The summed E-state index contributed by atoms with van der Waals surface area (Å²) in [6.45, 7) is 8.22. The maximum absolute atomic E-state index is 12.5. The number of hydrogen-bond acceptors (Lipinski definition) is 3. The Balaban J connectivity index is 1.34.